The number of hydrogen-bond donors (Lipinski definition) is 2. The third-order valence-electron chi connectivity index (χ3n) is 2.29. The van der Waals surface area contributed by atoms with Crippen molar-refractivity contribution in [2.75, 3.05) is 0 Å². The van der Waals surface area contributed by atoms with Crippen LogP contribution >= 0.6 is 0 Å². The molecular formula is C10H8N4O. The highest BCUT2D eigenvalue weighted by Crippen LogP contribution is 2.11. The number of nitrogens with one attached hydrogen (secondary N) is 2. The Morgan fingerprint density at radius 3 is 2.93 bits per heavy atom. The van der Waals surface area contributed by atoms with E-state index in [1.165, 1.54) is 4.57 Å². The lowest BCUT2D eigenvalue weighted by Gasteiger charge is -1.96. The molecule has 2 aromatic heterocycles. The number of aromatic amines is 2. The van der Waals surface area contributed by atoms with Gasteiger partial charge in [0, 0.05) is 12.4 Å². The lowest BCUT2D eigenvalue weighted by molar-refractivity contribution is 0.938. The summed E-state index contributed by atoms with van der Waals surface area (Å²) in [5.41, 5.74) is 1.43. The summed E-state index contributed by atoms with van der Waals surface area (Å²) in [6.45, 7) is 0. The quantitative estimate of drug-likeness (QED) is 0.616. The van der Waals surface area contributed by atoms with Crippen LogP contribution in [0.3, 0.4) is 0 Å². The van der Waals surface area contributed by atoms with Crippen molar-refractivity contribution >= 4 is 11.0 Å². The normalized spacial score (nSPS) is 10.9. The first-order chi connectivity index (χ1) is 7.36. The zero-order chi connectivity index (χ0) is 10.3. The third-order valence-corrected chi connectivity index (χ3v) is 2.29. The maximum Gasteiger partial charge on any atom is 0.333 e. The van der Waals surface area contributed by atoms with Crippen molar-refractivity contribution in [1.29, 1.82) is 0 Å². The smallest absolute Gasteiger partial charge is 0.330 e. The molecule has 15 heavy (non-hydrogen) atoms. The Morgan fingerprint density at radius 1 is 1.27 bits per heavy atom. The van der Waals surface area contributed by atoms with E-state index in [9.17, 15) is 4.79 Å². The lowest BCUT2D eigenvalue weighted by atomic mass is 10.3. The van der Waals surface area contributed by atoms with Crippen LogP contribution in [0.1, 0.15) is 0 Å². The minimum absolute atomic E-state index is 0.189. The molecule has 0 aliphatic heterocycles. The van der Waals surface area contributed by atoms with Crippen LogP contribution in [-0.2, 0) is 0 Å². The number of nitrogens with zero attached hydrogens (tertiary/aromatic N) is 2. The van der Waals surface area contributed by atoms with Gasteiger partial charge in [0.2, 0.25) is 5.95 Å². The van der Waals surface area contributed by atoms with Crippen LogP contribution in [0.15, 0.2) is 41.5 Å². The summed E-state index contributed by atoms with van der Waals surface area (Å²) in [4.78, 5) is 21.4. The minimum Gasteiger partial charge on any atom is -0.330 e. The van der Waals surface area contributed by atoms with E-state index < -0.39 is 0 Å². The van der Waals surface area contributed by atoms with Gasteiger partial charge in [0.25, 0.3) is 0 Å². The lowest BCUT2D eigenvalue weighted by Crippen LogP contribution is -2.15. The fraction of sp³-hybridized carbons (Fsp3) is 0. The van der Waals surface area contributed by atoms with Crippen LogP contribution in [0, 0.1) is 0 Å². The highest BCUT2D eigenvalue weighted by atomic mass is 16.1. The van der Waals surface area contributed by atoms with Gasteiger partial charge in [0.15, 0.2) is 0 Å². The number of benzene rings is 1. The van der Waals surface area contributed by atoms with Gasteiger partial charge in [-0.3, -0.25) is 0 Å². The average molecular weight is 200 g/mol. The standard InChI is InChI=1S/C10H8N4O/c15-10-13-7-3-1-2-4-8(7)14(10)9-11-5-6-12-9/h1-6H,(H,11,12)(H,13,15). The Balaban J connectivity index is 2.44. The van der Waals surface area contributed by atoms with E-state index in [0.717, 1.165) is 11.0 Å². The maximum absolute atomic E-state index is 11.7. The van der Waals surface area contributed by atoms with Gasteiger partial charge < -0.3 is 9.97 Å². The molecular weight excluding hydrogens is 192 g/mol. The third kappa shape index (κ3) is 1.10. The Kier molecular flexibility index (Phi) is 1.53. The van der Waals surface area contributed by atoms with Gasteiger partial charge in [-0.15, -0.1) is 0 Å². The first kappa shape index (κ1) is 8.05. The van der Waals surface area contributed by atoms with Crippen molar-refractivity contribution in [2.45, 2.75) is 0 Å². The molecule has 0 saturated carbocycles. The van der Waals surface area contributed by atoms with E-state index in [2.05, 4.69) is 15.0 Å². The zero-order valence-corrected chi connectivity index (χ0v) is 7.77. The van der Waals surface area contributed by atoms with Gasteiger partial charge in [-0.25, -0.2) is 14.3 Å². The topological polar surface area (TPSA) is 66.5 Å². The van der Waals surface area contributed by atoms with Gasteiger partial charge in [0.05, 0.1) is 11.0 Å². The van der Waals surface area contributed by atoms with E-state index in [0.29, 0.717) is 5.95 Å². The van der Waals surface area contributed by atoms with Crippen LogP contribution in [0.5, 0.6) is 0 Å². The summed E-state index contributed by atoms with van der Waals surface area (Å²) in [6.07, 6.45) is 3.30. The summed E-state index contributed by atoms with van der Waals surface area (Å²) >= 11 is 0. The van der Waals surface area contributed by atoms with Gasteiger partial charge in [-0.05, 0) is 12.1 Å². The van der Waals surface area contributed by atoms with Gasteiger partial charge in [0.1, 0.15) is 0 Å². The Bertz CT molecular complexity index is 647. The van der Waals surface area contributed by atoms with Crippen LogP contribution in [0.25, 0.3) is 17.0 Å². The maximum atomic E-state index is 11.7. The van der Waals surface area contributed by atoms with Crippen molar-refractivity contribution in [3.05, 3.63) is 47.1 Å². The first-order valence-corrected chi connectivity index (χ1v) is 4.56. The van der Waals surface area contributed by atoms with Gasteiger partial charge in [-0.1, -0.05) is 12.1 Å². The molecule has 2 N–H and O–H groups in total. The molecule has 3 rings (SSSR count). The summed E-state index contributed by atoms with van der Waals surface area (Å²) in [5, 5.41) is 0. The second kappa shape index (κ2) is 2.84. The second-order valence-electron chi connectivity index (χ2n) is 3.20. The number of para-hydroxylation sites is 2. The number of hydrogen-bond acceptors (Lipinski definition) is 2. The number of H-pyrrole nitrogens is 2. The molecule has 5 heteroatoms. The largest absolute Gasteiger partial charge is 0.333 e. The van der Waals surface area contributed by atoms with Crippen molar-refractivity contribution in [2.24, 2.45) is 0 Å². The number of aromatic nitrogens is 4. The molecule has 5 nitrogen and oxygen atoms in total. The van der Waals surface area contributed by atoms with Crippen molar-refractivity contribution < 1.29 is 0 Å². The summed E-state index contributed by atoms with van der Waals surface area (Å²) in [7, 11) is 0. The Hall–Kier alpha value is -2.30. The molecule has 74 valence electrons. The Morgan fingerprint density at radius 2 is 2.13 bits per heavy atom. The van der Waals surface area contributed by atoms with Crippen molar-refractivity contribution in [3.63, 3.8) is 0 Å². The van der Waals surface area contributed by atoms with E-state index in [1.54, 1.807) is 12.4 Å². The summed E-state index contributed by atoms with van der Waals surface area (Å²) in [5.74, 6) is 0.525. The SMILES string of the molecule is O=c1[nH]c2ccccc2n1-c1ncc[nH]1. The molecule has 0 spiro atoms. The average Bonchev–Trinajstić information content (AvgIpc) is 2.82. The number of fused-ring (bicyclic) bond motifs is 1. The first-order valence-electron chi connectivity index (χ1n) is 4.56. The molecule has 0 fully saturated rings. The minimum atomic E-state index is -0.189. The predicted molar refractivity (Wildman–Crippen MR) is 56.0 cm³/mol. The highest BCUT2D eigenvalue weighted by molar-refractivity contribution is 5.76. The Labute approximate surface area is 84.4 Å². The molecule has 0 radical (unpaired) electrons. The van der Waals surface area contributed by atoms with Gasteiger partial charge >= 0.3 is 5.69 Å². The van der Waals surface area contributed by atoms with Crippen molar-refractivity contribution in [1.82, 2.24) is 19.5 Å². The molecule has 0 bridgehead atoms. The molecule has 0 unspecified atom stereocenters. The van der Waals surface area contributed by atoms with E-state index in [1.807, 2.05) is 24.3 Å². The zero-order valence-electron chi connectivity index (χ0n) is 7.77. The highest BCUT2D eigenvalue weighted by Gasteiger charge is 2.08. The van der Waals surface area contributed by atoms with Crippen molar-refractivity contribution in [3.8, 4) is 5.95 Å². The molecule has 0 aliphatic carbocycles. The fourth-order valence-electron chi connectivity index (χ4n) is 1.64. The summed E-state index contributed by atoms with van der Waals surface area (Å²) in [6, 6.07) is 7.49. The summed E-state index contributed by atoms with van der Waals surface area (Å²) < 4.78 is 1.51. The van der Waals surface area contributed by atoms with Gasteiger partial charge in [-0.2, -0.15) is 0 Å². The van der Waals surface area contributed by atoms with E-state index in [4.69, 9.17) is 0 Å². The van der Waals surface area contributed by atoms with Crippen LogP contribution in [0.4, 0.5) is 0 Å². The molecule has 1 aromatic carbocycles. The van der Waals surface area contributed by atoms with Crippen LogP contribution in [-0.4, -0.2) is 19.5 Å². The number of imidazole rings is 2. The molecule has 0 saturated heterocycles. The van der Waals surface area contributed by atoms with E-state index in [-0.39, 0.29) is 5.69 Å². The van der Waals surface area contributed by atoms with E-state index >= 15 is 0 Å². The molecule has 0 aliphatic rings. The van der Waals surface area contributed by atoms with Crippen LogP contribution in [0.2, 0.25) is 0 Å². The predicted octanol–water partition coefficient (Wildman–Crippen LogP) is 1.04. The molecule has 2 heterocycles. The van der Waals surface area contributed by atoms with Crippen LogP contribution < -0.4 is 5.69 Å². The number of rotatable bonds is 1. The fourth-order valence-corrected chi connectivity index (χ4v) is 1.64. The molecule has 3 aromatic rings. The molecule has 0 atom stereocenters. The second-order valence-corrected chi connectivity index (χ2v) is 3.20. The monoisotopic (exact) mass is 200 g/mol. The molecule has 0 amide bonds.